The molecule has 0 saturated carbocycles. The Morgan fingerprint density at radius 1 is 1.10 bits per heavy atom. The van der Waals surface area contributed by atoms with Gasteiger partial charge in [-0.1, -0.05) is 23.2 Å². The van der Waals surface area contributed by atoms with Gasteiger partial charge >= 0.3 is 0 Å². The van der Waals surface area contributed by atoms with E-state index in [4.69, 9.17) is 28.9 Å². The van der Waals surface area contributed by atoms with Crippen LogP contribution < -0.4 is 5.73 Å². The molecule has 2 heterocycles. The number of halogens is 2. The van der Waals surface area contributed by atoms with Crippen molar-refractivity contribution < 1.29 is 0 Å². The summed E-state index contributed by atoms with van der Waals surface area (Å²) in [6, 6.07) is 8.89. The molecule has 0 unspecified atom stereocenters. The molecule has 2 N–H and O–H groups in total. The summed E-state index contributed by atoms with van der Waals surface area (Å²) in [5, 5.41) is 1.10. The van der Waals surface area contributed by atoms with E-state index in [1.807, 2.05) is 22.9 Å². The summed E-state index contributed by atoms with van der Waals surface area (Å²) in [4.78, 5) is 8.43. The SMILES string of the molecule is Nc1ccc(-n2ccnc2)c(-c2ccc(Cl)cc2Cl)n1. The van der Waals surface area contributed by atoms with Gasteiger partial charge in [0.05, 0.1) is 22.7 Å². The van der Waals surface area contributed by atoms with Crippen LogP contribution in [0, 0.1) is 0 Å². The molecule has 0 radical (unpaired) electrons. The van der Waals surface area contributed by atoms with Gasteiger partial charge in [-0.3, -0.25) is 0 Å². The molecule has 0 bridgehead atoms. The van der Waals surface area contributed by atoms with E-state index in [9.17, 15) is 0 Å². The number of pyridine rings is 1. The number of anilines is 1. The van der Waals surface area contributed by atoms with Crippen LogP contribution in [-0.2, 0) is 0 Å². The summed E-state index contributed by atoms with van der Waals surface area (Å²) < 4.78 is 1.85. The number of hydrogen-bond acceptors (Lipinski definition) is 3. The van der Waals surface area contributed by atoms with Crippen LogP contribution >= 0.6 is 23.2 Å². The Kier molecular flexibility index (Phi) is 3.34. The van der Waals surface area contributed by atoms with Gasteiger partial charge in [-0.15, -0.1) is 0 Å². The number of hydrogen-bond donors (Lipinski definition) is 1. The maximum Gasteiger partial charge on any atom is 0.124 e. The number of benzene rings is 1. The van der Waals surface area contributed by atoms with Crippen molar-refractivity contribution in [3.8, 4) is 16.9 Å². The first kappa shape index (κ1) is 13.0. The lowest BCUT2D eigenvalue weighted by molar-refractivity contribution is 1.04. The summed E-state index contributed by atoms with van der Waals surface area (Å²) in [7, 11) is 0. The maximum atomic E-state index is 6.26. The van der Waals surface area contributed by atoms with Gasteiger partial charge in [0.2, 0.25) is 0 Å². The van der Waals surface area contributed by atoms with Crippen LogP contribution in [0.1, 0.15) is 0 Å². The molecule has 0 aliphatic carbocycles. The molecule has 6 heteroatoms. The first-order valence-corrected chi connectivity index (χ1v) is 6.61. The lowest BCUT2D eigenvalue weighted by Gasteiger charge is -2.11. The van der Waals surface area contributed by atoms with Crippen molar-refractivity contribution in [2.75, 3.05) is 5.73 Å². The predicted molar refractivity (Wildman–Crippen MR) is 81.2 cm³/mol. The molecule has 4 nitrogen and oxygen atoms in total. The molecule has 0 aliphatic heterocycles. The van der Waals surface area contributed by atoms with Crippen molar-refractivity contribution in [2.24, 2.45) is 0 Å². The Balaban J connectivity index is 2.24. The van der Waals surface area contributed by atoms with Gasteiger partial charge in [0.15, 0.2) is 0 Å². The average Bonchev–Trinajstić information content (AvgIpc) is 2.92. The van der Waals surface area contributed by atoms with Crippen molar-refractivity contribution in [3.05, 3.63) is 59.1 Å². The fraction of sp³-hybridized carbons (Fsp3) is 0. The smallest absolute Gasteiger partial charge is 0.124 e. The molecule has 1 aromatic carbocycles. The standard InChI is InChI=1S/C14H10Cl2N4/c15-9-1-2-10(11(16)7-9)14-12(3-4-13(17)19-14)20-6-5-18-8-20/h1-8H,(H2,17,19). The van der Waals surface area contributed by atoms with Crippen molar-refractivity contribution in [1.29, 1.82) is 0 Å². The lowest BCUT2D eigenvalue weighted by atomic mass is 10.1. The molecule has 0 fully saturated rings. The van der Waals surface area contributed by atoms with E-state index in [2.05, 4.69) is 9.97 Å². The maximum absolute atomic E-state index is 6.26. The van der Waals surface area contributed by atoms with Crippen LogP contribution in [0.25, 0.3) is 16.9 Å². The second-order valence-corrected chi connectivity index (χ2v) is 5.04. The molecule has 100 valence electrons. The van der Waals surface area contributed by atoms with E-state index >= 15 is 0 Å². The fourth-order valence-corrected chi connectivity index (χ4v) is 2.45. The van der Waals surface area contributed by atoms with E-state index in [0.29, 0.717) is 21.6 Å². The highest BCUT2D eigenvalue weighted by Gasteiger charge is 2.12. The number of nitrogens with zero attached hydrogens (tertiary/aromatic N) is 3. The molecular weight excluding hydrogens is 295 g/mol. The van der Waals surface area contributed by atoms with E-state index in [-0.39, 0.29) is 0 Å². The third-order valence-corrected chi connectivity index (χ3v) is 3.41. The molecular formula is C14H10Cl2N4. The predicted octanol–water partition coefficient (Wildman–Crippen LogP) is 3.82. The summed E-state index contributed by atoms with van der Waals surface area (Å²) >= 11 is 12.2. The Morgan fingerprint density at radius 3 is 2.65 bits per heavy atom. The topological polar surface area (TPSA) is 56.7 Å². The van der Waals surface area contributed by atoms with E-state index < -0.39 is 0 Å². The van der Waals surface area contributed by atoms with Gasteiger partial charge in [-0.2, -0.15) is 0 Å². The number of nitrogen functional groups attached to an aromatic ring is 1. The normalized spacial score (nSPS) is 10.7. The molecule has 2 aromatic heterocycles. The zero-order valence-corrected chi connectivity index (χ0v) is 11.8. The molecule has 0 atom stereocenters. The lowest BCUT2D eigenvalue weighted by Crippen LogP contribution is -2.00. The van der Waals surface area contributed by atoms with Crippen molar-refractivity contribution in [3.63, 3.8) is 0 Å². The largest absolute Gasteiger partial charge is 0.384 e. The van der Waals surface area contributed by atoms with E-state index in [1.54, 1.807) is 30.7 Å². The summed E-state index contributed by atoms with van der Waals surface area (Å²) in [5.41, 5.74) is 8.10. The Bertz CT molecular complexity index is 754. The van der Waals surface area contributed by atoms with E-state index in [1.165, 1.54) is 0 Å². The van der Waals surface area contributed by atoms with Crippen LogP contribution in [0.5, 0.6) is 0 Å². The third-order valence-electron chi connectivity index (χ3n) is 2.86. The number of aromatic nitrogens is 3. The minimum atomic E-state index is 0.426. The van der Waals surface area contributed by atoms with Gasteiger partial charge in [-0.25, -0.2) is 9.97 Å². The van der Waals surface area contributed by atoms with Crippen molar-refractivity contribution in [1.82, 2.24) is 14.5 Å². The first-order chi connectivity index (χ1) is 9.65. The number of nitrogens with two attached hydrogens (primary N) is 1. The summed E-state index contributed by atoms with van der Waals surface area (Å²) in [6.45, 7) is 0. The molecule has 3 aromatic rings. The van der Waals surface area contributed by atoms with Crippen LogP contribution in [0.4, 0.5) is 5.82 Å². The van der Waals surface area contributed by atoms with Gasteiger partial charge in [-0.05, 0) is 30.3 Å². The first-order valence-electron chi connectivity index (χ1n) is 5.85. The quantitative estimate of drug-likeness (QED) is 0.783. The highest BCUT2D eigenvalue weighted by atomic mass is 35.5. The highest BCUT2D eigenvalue weighted by Crippen LogP contribution is 2.33. The average molecular weight is 305 g/mol. The van der Waals surface area contributed by atoms with Crippen LogP contribution in [0.2, 0.25) is 10.0 Å². The zero-order chi connectivity index (χ0) is 14.1. The molecule has 3 rings (SSSR count). The van der Waals surface area contributed by atoms with Gasteiger partial charge < -0.3 is 10.3 Å². The second-order valence-electron chi connectivity index (χ2n) is 4.20. The molecule has 0 aliphatic rings. The fourth-order valence-electron chi connectivity index (χ4n) is 1.96. The Morgan fingerprint density at radius 2 is 1.95 bits per heavy atom. The molecule has 20 heavy (non-hydrogen) atoms. The minimum absolute atomic E-state index is 0.426. The van der Waals surface area contributed by atoms with E-state index in [0.717, 1.165) is 11.3 Å². The number of imidazole rings is 1. The third kappa shape index (κ3) is 2.35. The summed E-state index contributed by atoms with van der Waals surface area (Å²) in [5.74, 6) is 0.426. The van der Waals surface area contributed by atoms with Crippen LogP contribution in [-0.4, -0.2) is 14.5 Å². The van der Waals surface area contributed by atoms with Gasteiger partial charge in [0.1, 0.15) is 5.82 Å². The minimum Gasteiger partial charge on any atom is -0.384 e. The van der Waals surface area contributed by atoms with Crippen molar-refractivity contribution in [2.45, 2.75) is 0 Å². The van der Waals surface area contributed by atoms with Gasteiger partial charge in [0, 0.05) is 23.0 Å². The summed E-state index contributed by atoms with van der Waals surface area (Å²) in [6.07, 6.45) is 5.23. The molecule has 0 saturated heterocycles. The van der Waals surface area contributed by atoms with Crippen LogP contribution in [0.3, 0.4) is 0 Å². The molecule has 0 amide bonds. The Labute approximate surface area is 125 Å². The second kappa shape index (κ2) is 5.15. The van der Waals surface area contributed by atoms with Gasteiger partial charge in [0.25, 0.3) is 0 Å². The highest BCUT2D eigenvalue weighted by molar-refractivity contribution is 6.36. The number of rotatable bonds is 2. The Hall–Kier alpha value is -2.04. The van der Waals surface area contributed by atoms with Crippen molar-refractivity contribution >= 4 is 29.0 Å². The van der Waals surface area contributed by atoms with Crippen LogP contribution in [0.15, 0.2) is 49.1 Å². The monoisotopic (exact) mass is 304 g/mol. The zero-order valence-electron chi connectivity index (χ0n) is 10.3. The molecule has 0 spiro atoms.